The summed E-state index contributed by atoms with van der Waals surface area (Å²) in [6, 6.07) is 4.55. The Labute approximate surface area is 133 Å². The van der Waals surface area contributed by atoms with Gasteiger partial charge in [0.1, 0.15) is 0 Å². The van der Waals surface area contributed by atoms with E-state index in [0.717, 1.165) is 4.47 Å². The first kappa shape index (κ1) is 16.4. The summed E-state index contributed by atoms with van der Waals surface area (Å²) in [6.07, 6.45) is -4.31. The third-order valence-electron chi connectivity index (χ3n) is 3.42. The molecule has 21 heavy (non-hydrogen) atoms. The van der Waals surface area contributed by atoms with Gasteiger partial charge in [-0.25, -0.2) is 4.79 Å². The molecule has 0 aliphatic carbocycles. The van der Waals surface area contributed by atoms with Gasteiger partial charge in [-0.1, -0.05) is 27.5 Å². The summed E-state index contributed by atoms with van der Waals surface area (Å²) >= 11 is 9.23. The molecular weight excluding hydrogens is 373 g/mol. The molecule has 0 unspecified atom stereocenters. The summed E-state index contributed by atoms with van der Waals surface area (Å²) in [5.41, 5.74) is 0.433. The van der Waals surface area contributed by atoms with Crippen molar-refractivity contribution < 1.29 is 18.0 Å². The Kier molecular flexibility index (Phi) is 5.03. The molecule has 0 saturated carbocycles. The molecule has 2 rings (SSSR count). The first-order chi connectivity index (χ1) is 9.77. The molecule has 1 aliphatic heterocycles. The number of carbonyl (C=O) groups excluding carboxylic acids is 1. The minimum Gasteiger partial charge on any atom is -0.325 e. The average Bonchev–Trinajstić information content (AvgIpc) is 2.41. The van der Waals surface area contributed by atoms with Gasteiger partial charge in [-0.2, -0.15) is 13.2 Å². The van der Waals surface area contributed by atoms with Gasteiger partial charge in [0, 0.05) is 17.6 Å². The molecule has 0 atom stereocenters. The fraction of sp³-hybridized carbons (Fsp3) is 0.462. The number of nitrogens with one attached hydrogen (secondary N) is 1. The smallest absolute Gasteiger partial charge is 0.325 e. The Morgan fingerprint density at radius 2 is 1.95 bits per heavy atom. The summed E-state index contributed by atoms with van der Waals surface area (Å²) < 4.78 is 38.5. The maximum Gasteiger partial charge on any atom is 0.391 e. The maximum absolute atomic E-state index is 12.6. The van der Waals surface area contributed by atoms with Crippen molar-refractivity contribution in [3.05, 3.63) is 27.7 Å². The van der Waals surface area contributed by atoms with Crippen LogP contribution < -0.4 is 5.32 Å². The van der Waals surface area contributed by atoms with Crippen LogP contribution in [-0.4, -0.2) is 30.2 Å². The molecule has 0 radical (unpaired) electrons. The molecule has 2 amide bonds. The van der Waals surface area contributed by atoms with Crippen LogP contribution in [0.5, 0.6) is 0 Å². The van der Waals surface area contributed by atoms with Crippen molar-refractivity contribution in [1.29, 1.82) is 0 Å². The molecule has 0 spiro atoms. The second kappa shape index (κ2) is 6.44. The summed E-state index contributed by atoms with van der Waals surface area (Å²) in [4.78, 5) is 13.4. The van der Waals surface area contributed by atoms with E-state index in [1.54, 1.807) is 18.2 Å². The third-order valence-corrected chi connectivity index (χ3v) is 4.22. The van der Waals surface area contributed by atoms with E-state index in [9.17, 15) is 18.0 Å². The zero-order valence-corrected chi connectivity index (χ0v) is 13.2. The number of urea groups is 1. The van der Waals surface area contributed by atoms with Gasteiger partial charge in [0.2, 0.25) is 0 Å². The second-order valence-corrected chi connectivity index (χ2v) is 6.18. The largest absolute Gasteiger partial charge is 0.391 e. The highest BCUT2D eigenvalue weighted by Gasteiger charge is 2.41. The van der Waals surface area contributed by atoms with Gasteiger partial charge in [-0.05, 0) is 31.0 Å². The van der Waals surface area contributed by atoms with Gasteiger partial charge in [-0.3, -0.25) is 0 Å². The first-order valence-electron chi connectivity index (χ1n) is 6.35. The van der Waals surface area contributed by atoms with Crippen molar-refractivity contribution in [2.45, 2.75) is 19.0 Å². The highest BCUT2D eigenvalue weighted by atomic mass is 79.9. The van der Waals surface area contributed by atoms with Crippen molar-refractivity contribution >= 4 is 39.2 Å². The van der Waals surface area contributed by atoms with Gasteiger partial charge in [0.05, 0.1) is 16.6 Å². The quantitative estimate of drug-likeness (QED) is 0.732. The molecule has 1 saturated heterocycles. The van der Waals surface area contributed by atoms with E-state index in [4.69, 9.17) is 11.6 Å². The van der Waals surface area contributed by atoms with Crippen molar-refractivity contribution in [3.63, 3.8) is 0 Å². The Balaban J connectivity index is 1.93. The van der Waals surface area contributed by atoms with E-state index >= 15 is 0 Å². The van der Waals surface area contributed by atoms with Crippen LogP contribution in [0.2, 0.25) is 5.02 Å². The summed E-state index contributed by atoms with van der Waals surface area (Å²) in [5.74, 6) is -1.32. The van der Waals surface area contributed by atoms with Crippen molar-refractivity contribution in [3.8, 4) is 0 Å². The van der Waals surface area contributed by atoms with E-state index in [1.807, 2.05) is 0 Å². The second-order valence-electron chi connectivity index (χ2n) is 4.86. The number of nitrogens with zero attached hydrogens (tertiary/aromatic N) is 1. The molecule has 0 bridgehead atoms. The van der Waals surface area contributed by atoms with Crippen molar-refractivity contribution in [2.24, 2.45) is 5.92 Å². The molecule has 1 N–H and O–H groups in total. The molecule has 1 aromatic carbocycles. The molecule has 1 aromatic rings. The van der Waals surface area contributed by atoms with E-state index in [-0.39, 0.29) is 25.9 Å². The lowest BCUT2D eigenvalue weighted by molar-refractivity contribution is -0.183. The van der Waals surface area contributed by atoms with Crippen LogP contribution in [0.1, 0.15) is 12.8 Å². The Morgan fingerprint density at radius 3 is 2.48 bits per heavy atom. The highest BCUT2D eigenvalue weighted by molar-refractivity contribution is 9.10. The van der Waals surface area contributed by atoms with Gasteiger partial charge in [0.15, 0.2) is 0 Å². The topological polar surface area (TPSA) is 32.3 Å². The maximum atomic E-state index is 12.6. The minimum absolute atomic E-state index is 0.0645. The minimum atomic E-state index is -4.18. The first-order valence-corrected chi connectivity index (χ1v) is 7.52. The van der Waals surface area contributed by atoms with Crippen LogP contribution in [-0.2, 0) is 0 Å². The number of likely N-dealkylation sites (tertiary alicyclic amines) is 1. The Bertz CT molecular complexity index is 531. The lowest BCUT2D eigenvalue weighted by Crippen LogP contribution is -2.44. The SMILES string of the molecule is O=C(Nc1ccc(Br)cc1Cl)N1CCC(C(F)(F)F)CC1. The van der Waals surface area contributed by atoms with Crippen LogP contribution in [0.25, 0.3) is 0 Å². The molecule has 1 heterocycles. The fourth-order valence-electron chi connectivity index (χ4n) is 2.20. The number of piperidine rings is 1. The number of amides is 2. The molecule has 0 aromatic heterocycles. The summed E-state index contributed by atoms with van der Waals surface area (Å²) in [6.45, 7) is 0.175. The number of rotatable bonds is 1. The number of carbonyl (C=O) groups is 1. The van der Waals surface area contributed by atoms with Crippen LogP contribution in [0, 0.1) is 5.92 Å². The standard InChI is InChI=1S/C13H13BrClF3N2O/c14-9-1-2-11(10(15)7-9)19-12(21)20-5-3-8(4-6-20)13(16,17)18/h1-2,7-8H,3-6H2,(H,19,21). The van der Waals surface area contributed by atoms with Crippen LogP contribution in [0.4, 0.5) is 23.7 Å². The Morgan fingerprint density at radius 1 is 1.33 bits per heavy atom. The van der Waals surface area contributed by atoms with Crippen LogP contribution >= 0.6 is 27.5 Å². The predicted octanol–water partition coefficient (Wildman–Crippen LogP) is 4.91. The number of hydrogen-bond acceptors (Lipinski definition) is 1. The predicted molar refractivity (Wildman–Crippen MR) is 78.5 cm³/mol. The lowest BCUT2D eigenvalue weighted by atomic mass is 9.96. The van der Waals surface area contributed by atoms with Crippen molar-refractivity contribution in [1.82, 2.24) is 4.90 Å². The molecule has 1 aliphatic rings. The summed E-state index contributed by atoms with van der Waals surface area (Å²) in [5, 5.41) is 2.98. The monoisotopic (exact) mass is 384 g/mol. The Hall–Kier alpha value is -0.950. The summed E-state index contributed by atoms with van der Waals surface area (Å²) in [7, 11) is 0. The van der Waals surface area contributed by atoms with Crippen LogP contribution in [0.15, 0.2) is 22.7 Å². The van der Waals surface area contributed by atoms with Gasteiger partial charge in [0.25, 0.3) is 0 Å². The number of anilines is 1. The number of hydrogen-bond donors (Lipinski definition) is 1. The molecular formula is C13H13BrClF3N2O. The van der Waals surface area contributed by atoms with E-state index in [1.165, 1.54) is 4.90 Å². The third kappa shape index (κ3) is 4.26. The number of benzene rings is 1. The number of halogens is 5. The van der Waals surface area contributed by atoms with E-state index in [0.29, 0.717) is 10.7 Å². The van der Waals surface area contributed by atoms with E-state index < -0.39 is 18.1 Å². The van der Waals surface area contributed by atoms with Gasteiger partial charge in [-0.15, -0.1) is 0 Å². The fourth-order valence-corrected chi connectivity index (χ4v) is 2.92. The zero-order chi connectivity index (χ0) is 15.6. The molecule has 1 fully saturated rings. The lowest BCUT2D eigenvalue weighted by Gasteiger charge is -2.32. The highest BCUT2D eigenvalue weighted by Crippen LogP contribution is 2.34. The van der Waals surface area contributed by atoms with Gasteiger partial charge >= 0.3 is 12.2 Å². The number of alkyl halides is 3. The van der Waals surface area contributed by atoms with Gasteiger partial charge < -0.3 is 10.2 Å². The average molecular weight is 386 g/mol. The van der Waals surface area contributed by atoms with Crippen molar-refractivity contribution in [2.75, 3.05) is 18.4 Å². The van der Waals surface area contributed by atoms with E-state index in [2.05, 4.69) is 21.2 Å². The van der Waals surface area contributed by atoms with Crippen LogP contribution in [0.3, 0.4) is 0 Å². The molecule has 116 valence electrons. The molecule has 3 nitrogen and oxygen atoms in total. The normalized spacial score (nSPS) is 16.9. The zero-order valence-electron chi connectivity index (χ0n) is 10.9. The molecule has 8 heteroatoms.